The third-order valence-corrected chi connectivity index (χ3v) is 5.92. The van der Waals surface area contributed by atoms with Gasteiger partial charge in [-0.2, -0.15) is 0 Å². The van der Waals surface area contributed by atoms with Crippen LogP contribution >= 0.6 is 23.2 Å². The van der Waals surface area contributed by atoms with Crippen molar-refractivity contribution in [2.75, 3.05) is 0 Å². The van der Waals surface area contributed by atoms with Crippen molar-refractivity contribution in [1.29, 1.82) is 0 Å². The Morgan fingerprint density at radius 2 is 2.10 bits per heavy atom. The van der Waals surface area contributed by atoms with E-state index in [2.05, 4.69) is 12.2 Å². The normalized spacial score (nSPS) is 31.4. The number of benzene rings is 1. The fourth-order valence-corrected chi connectivity index (χ4v) is 4.44. The number of nitrogens with one attached hydrogen (secondary N) is 1. The van der Waals surface area contributed by atoms with Crippen LogP contribution in [0.25, 0.3) is 0 Å². The molecule has 21 heavy (non-hydrogen) atoms. The number of ketones is 1. The summed E-state index contributed by atoms with van der Waals surface area (Å²) >= 11 is 12.1. The van der Waals surface area contributed by atoms with Crippen molar-refractivity contribution in [3.05, 3.63) is 33.8 Å². The summed E-state index contributed by atoms with van der Waals surface area (Å²) < 4.78 is 0. The van der Waals surface area contributed by atoms with Gasteiger partial charge in [0.15, 0.2) is 5.78 Å². The van der Waals surface area contributed by atoms with E-state index in [0.29, 0.717) is 27.7 Å². The molecule has 0 saturated carbocycles. The van der Waals surface area contributed by atoms with Gasteiger partial charge in [-0.3, -0.25) is 4.79 Å². The van der Waals surface area contributed by atoms with Gasteiger partial charge in [0.2, 0.25) is 0 Å². The van der Waals surface area contributed by atoms with Gasteiger partial charge in [0.05, 0.1) is 10.0 Å². The Morgan fingerprint density at radius 3 is 2.81 bits per heavy atom. The molecular weight excluding hydrogens is 305 g/mol. The maximum absolute atomic E-state index is 13.2. The average Bonchev–Trinajstić information content (AvgIpc) is 2.89. The van der Waals surface area contributed by atoms with Crippen LogP contribution in [0.4, 0.5) is 0 Å². The lowest BCUT2D eigenvalue weighted by molar-refractivity contribution is 0.0617. The Bertz CT molecular complexity index is 560. The highest BCUT2D eigenvalue weighted by molar-refractivity contribution is 6.42. The first-order valence-corrected chi connectivity index (χ1v) is 8.58. The van der Waals surface area contributed by atoms with E-state index in [1.165, 1.54) is 6.42 Å². The van der Waals surface area contributed by atoms with Crippen molar-refractivity contribution in [2.24, 2.45) is 5.41 Å². The van der Waals surface area contributed by atoms with E-state index in [4.69, 9.17) is 23.2 Å². The molecule has 0 radical (unpaired) electrons. The number of fused-ring (bicyclic) bond motifs is 2. The predicted octanol–water partition coefficient (Wildman–Crippen LogP) is 4.88. The summed E-state index contributed by atoms with van der Waals surface area (Å²) in [5.41, 5.74) is 0.434. The maximum atomic E-state index is 13.2. The number of piperidine rings is 1. The van der Waals surface area contributed by atoms with Crippen LogP contribution < -0.4 is 5.32 Å². The van der Waals surface area contributed by atoms with Gasteiger partial charge >= 0.3 is 0 Å². The molecule has 114 valence electrons. The first kappa shape index (κ1) is 15.3. The summed E-state index contributed by atoms with van der Waals surface area (Å²) in [5, 5.41) is 4.62. The summed E-state index contributed by atoms with van der Waals surface area (Å²) in [6.07, 6.45) is 6.36. The molecule has 2 bridgehead atoms. The molecule has 2 fully saturated rings. The predicted molar refractivity (Wildman–Crippen MR) is 87.3 cm³/mol. The molecule has 2 aliphatic rings. The van der Waals surface area contributed by atoms with Crippen LogP contribution in [-0.4, -0.2) is 17.9 Å². The van der Waals surface area contributed by atoms with Crippen LogP contribution in [0.2, 0.25) is 10.0 Å². The standard InChI is InChI=1S/C17H21Cl2NO/c1-2-8-17(9-7-12-4-6-15(17)20-12)16(21)11-3-5-13(18)14(19)10-11/h3,5,10,12,15,20H,2,4,6-9H2,1H3. The number of Topliss-reactive ketones (excluding diaryl/α,β-unsaturated/α-hetero) is 1. The van der Waals surface area contributed by atoms with Crippen LogP contribution in [0.3, 0.4) is 0 Å². The molecule has 3 rings (SSSR count). The van der Waals surface area contributed by atoms with E-state index in [0.717, 1.165) is 32.1 Å². The van der Waals surface area contributed by atoms with Gasteiger partial charge in [0.1, 0.15) is 0 Å². The molecule has 2 saturated heterocycles. The van der Waals surface area contributed by atoms with Gasteiger partial charge in [-0.15, -0.1) is 0 Å². The fourth-order valence-electron chi connectivity index (χ4n) is 4.14. The first-order chi connectivity index (χ1) is 10.1. The highest BCUT2D eigenvalue weighted by Gasteiger charge is 2.50. The molecule has 0 amide bonds. The number of carbonyl (C=O) groups is 1. The Balaban J connectivity index is 1.96. The highest BCUT2D eigenvalue weighted by Crippen LogP contribution is 2.46. The highest BCUT2D eigenvalue weighted by atomic mass is 35.5. The minimum Gasteiger partial charge on any atom is -0.310 e. The Hall–Kier alpha value is -0.570. The third kappa shape index (κ3) is 2.62. The van der Waals surface area contributed by atoms with E-state index in [1.54, 1.807) is 12.1 Å². The lowest BCUT2D eigenvalue weighted by Crippen LogP contribution is -2.52. The molecule has 2 nitrogen and oxygen atoms in total. The monoisotopic (exact) mass is 325 g/mol. The Kier molecular flexibility index (Phi) is 4.31. The quantitative estimate of drug-likeness (QED) is 0.799. The van der Waals surface area contributed by atoms with E-state index < -0.39 is 0 Å². The average molecular weight is 326 g/mol. The Morgan fingerprint density at radius 1 is 1.29 bits per heavy atom. The van der Waals surface area contributed by atoms with Crippen molar-refractivity contribution in [3.63, 3.8) is 0 Å². The van der Waals surface area contributed by atoms with Gasteiger partial charge < -0.3 is 5.32 Å². The number of carbonyl (C=O) groups excluding carboxylic acids is 1. The molecule has 1 N–H and O–H groups in total. The zero-order chi connectivity index (χ0) is 15.0. The molecule has 0 aromatic heterocycles. The Labute approximate surface area is 136 Å². The summed E-state index contributed by atoms with van der Waals surface area (Å²) in [6, 6.07) is 6.20. The number of rotatable bonds is 4. The third-order valence-electron chi connectivity index (χ3n) is 5.18. The van der Waals surface area contributed by atoms with Crippen molar-refractivity contribution >= 4 is 29.0 Å². The van der Waals surface area contributed by atoms with Crippen LogP contribution in [0.1, 0.15) is 55.8 Å². The van der Waals surface area contributed by atoms with Crippen molar-refractivity contribution in [1.82, 2.24) is 5.32 Å². The first-order valence-electron chi connectivity index (χ1n) is 7.83. The lowest BCUT2D eigenvalue weighted by atomic mass is 9.67. The summed E-state index contributed by atoms with van der Waals surface area (Å²) in [4.78, 5) is 13.2. The topological polar surface area (TPSA) is 29.1 Å². The molecular formula is C17H21Cl2NO. The van der Waals surface area contributed by atoms with Gasteiger partial charge in [-0.05, 0) is 50.3 Å². The van der Waals surface area contributed by atoms with E-state index in [9.17, 15) is 4.79 Å². The van der Waals surface area contributed by atoms with Crippen LogP contribution in [0, 0.1) is 5.41 Å². The molecule has 4 heteroatoms. The van der Waals surface area contributed by atoms with Crippen LogP contribution in [-0.2, 0) is 0 Å². The van der Waals surface area contributed by atoms with E-state index in [-0.39, 0.29) is 11.2 Å². The van der Waals surface area contributed by atoms with Crippen LogP contribution in [0.15, 0.2) is 18.2 Å². The smallest absolute Gasteiger partial charge is 0.170 e. The molecule has 2 aliphatic heterocycles. The molecule has 1 aromatic rings. The molecule has 3 atom stereocenters. The summed E-state index contributed by atoms with van der Waals surface area (Å²) in [7, 11) is 0. The zero-order valence-electron chi connectivity index (χ0n) is 12.3. The van der Waals surface area contributed by atoms with Gasteiger partial charge in [-0.25, -0.2) is 0 Å². The summed E-state index contributed by atoms with van der Waals surface area (Å²) in [5.74, 6) is 0.237. The van der Waals surface area contributed by atoms with Crippen molar-refractivity contribution in [3.8, 4) is 0 Å². The fraction of sp³-hybridized carbons (Fsp3) is 0.588. The SMILES string of the molecule is CCCC1(C(=O)c2ccc(Cl)c(Cl)c2)CCC2CCC1N2. The van der Waals surface area contributed by atoms with E-state index in [1.807, 2.05) is 6.07 Å². The second-order valence-corrected chi connectivity index (χ2v) is 7.21. The van der Waals surface area contributed by atoms with Crippen molar-refractivity contribution in [2.45, 2.75) is 57.5 Å². The zero-order valence-corrected chi connectivity index (χ0v) is 13.8. The molecule has 0 aliphatic carbocycles. The molecule has 1 aromatic carbocycles. The second-order valence-electron chi connectivity index (χ2n) is 6.40. The van der Waals surface area contributed by atoms with Gasteiger partial charge in [-0.1, -0.05) is 36.5 Å². The van der Waals surface area contributed by atoms with Crippen LogP contribution in [0.5, 0.6) is 0 Å². The lowest BCUT2D eigenvalue weighted by Gasteiger charge is -2.42. The molecule has 2 heterocycles. The number of hydrogen-bond acceptors (Lipinski definition) is 2. The minimum atomic E-state index is -0.265. The molecule has 0 spiro atoms. The van der Waals surface area contributed by atoms with E-state index >= 15 is 0 Å². The largest absolute Gasteiger partial charge is 0.310 e. The number of hydrogen-bond donors (Lipinski definition) is 1. The minimum absolute atomic E-state index is 0.237. The van der Waals surface area contributed by atoms with Crippen molar-refractivity contribution < 1.29 is 4.79 Å². The van der Waals surface area contributed by atoms with Gasteiger partial charge in [0.25, 0.3) is 0 Å². The second kappa shape index (κ2) is 5.91. The number of halogens is 2. The maximum Gasteiger partial charge on any atom is 0.170 e. The summed E-state index contributed by atoms with van der Waals surface area (Å²) in [6.45, 7) is 2.16. The molecule has 3 unspecified atom stereocenters. The van der Waals surface area contributed by atoms with Gasteiger partial charge in [0, 0.05) is 23.1 Å².